The first kappa shape index (κ1) is 29.9. The molecule has 0 aliphatic heterocycles. The van der Waals surface area contributed by atoms with E-state index in [2.05, 4.69) is 11.3 Å². The van der Waals surface area contributed by atoms with Crippen LogP contribution in [0.1, 0.15) is 16.1 Å². The van der Waals surface area contributed by atoms with Crippen LogP contribution in [0.5, 0.6) is 28.9 Å². The van der Waals surface area contributed by atoms with Gasteiger partial charge in [0.05, 0.1) is 50.7 Å². The number of methoxy groups -OCH3 is 4. The third-order valence-corrected chi connectivity index (χ3v) is 7.65. The van der Waals surface area contributed by atoms with Crippen LogP contribution in [-0.4, -0.2) is 50.2 Å². The number of rotatable bonds is 11. The molecule has 0 aliphatic rings. The predicted molar refractivity (Wildman–Crippen MR) is 159 cm³/mol. The Morgan fingerprint density at radius 3 is 2.20 bits per heavy atom. The van der Waals surface area contributed by atoms with Gasteiger partial charge in [-0.2, -0.15) is 5.26 Å². The molecule has 12 heteroatoms. The van der Waals surface area contributed by atoms with E-state index >= 15 is 0 Å². The first-order valence-electron chi connectivity index (χ1n) is 13.1. The molecular formula is C32H26N4O7S. The van der Waals surface area contributed by atoms with Gasteiger partial charge in [0, 0.05) is 23.3 Å². The fraction of sp³-hybridized carbons (Fsp3) is 0.156. The topological polar surface area (TPSA) is 144 Å². The van der Waals surface area contributed by atoms with Crippen molar-refractivity contribution in [3.63, 3.8) is 0 Å². The second-order valence-corrected chi connectivity index (χ2v) is 10.1. The van der Waals surface area contributed by atoms with Crippen molar-refractivity contribution in [2.45, 2.75) is 5.03 Å². The number of nitriles is 1. The maximum atomic E-state index is 13.4. The van der Waals surface area contributed by atoms with Crippen LogP contribution >= 0.6 is 11.8 Å². The lowest BCUT2D eigenvalue weighted by Gasteiger charge is -2.16. The minimum absolute atomic E-state index is 0.221. The van der Waals surface area contributed by atoms with Crippen LogP contribution in [-0.2, 0) is 0 Å². The van der Waals surface area contributed by atoms with Crippen LogP contribution < -0.4 is 28.7 Å². The van der Waals surface area contributed by atoms with E-state index < -0.39 is 11.7 Å². The summed E-state index contributed by atoms with van der Waals surface area (Å²) in [6.07, 6.45) is 0. The van der Waals surface area contributed by atoms with Gasteiger partial charge in [-0.15, -0.1) is 0 Å². The lowest BCUT2D eigenvalue weighted by molar-refractivity contribution is -0.672. The Labute approximate surface area is 257 Å². The predicted octanol–water partition coefficient (Wildman–Crippen LogP) is 4.63. The molecule has 5 rings (SSSR count). The zero-order valence-corrected chi connectivity index (χ0v) is 25.0. The fourth-order valence-electron chi connectivity index (χ4n) is 4.54. The van der Waals surface area contributed by atoms with Crippen LogP contribution in [0.25, 0.3) is 28.1 Å². The second-order valence-electron chi connectivity index (χ2n) is 9.16. The molecule has 0 amide bonds. The van der Waals surface area contributed by atoms with Gasteiger partial charge in [-0.25, -0.2) is 4.98 Å². The summed E-state index contributed by atoms with van der Waals surface area (Å²) >= 11 is 1.03. The van der Waals surface area contributed by atoms with E-state index in [9.17, 15) is 15.2 Å². The number of benzene rings is 3. The maximum Gasteiger partial charge on any atom is 0.307 e. The van der Waals surface area contributed by atoms with Gasteiger partial charge in [-0.05, 0) is 40.6 Å². The van der Waals surface area contributed by atoms with Gasteiger partial charge < -0.3 is 28.6 Å². The Balaban J connectivity index is 1.57. The maximum absolute atomic E-state index is 13.4. The molecule has 2 aromatic heterocycles. The summed E-state index contributed by atoms with van der Waals surface area (Å²) in [5, 5.41) is 27.0. The quantitative estimate of drug-likeness (QED) is 0.117. The number of hydrogen-bond acceptors (Lipinski definition) is 11. The molecule has 44 heavy (non-hydrogen) atoms. The summed E-state index contributed by atoms with van der Waals surface area (Å²) in [7, 11) is 6.06. The van der Waals surface area contributed by atoms with Crippen molar-refractivity contribution in [3.8, 4) is 63.1 Å². The molecule has 0 saturated carbocycles. The van der Waals surface area contributed by atoms with Crippen LogP contribution in [0.4, 0.5) is 0 Å². The number of nitrogens with zero attached hydrogens (tertiary/aromatic N) is 4. The summed E-state index contributed by atoms with van der Waals surface area (Å²) in [6, 6.07) is 23.6. The van der Waals surface area contributed by atoms with Crippen LogP contribution in [0.15, 0.2) is 82.3 Å². The van der Waals surface area contributed by atoms with Gasteiger partial charge in [0.2, 0.25) is 17.2 Å². The number of hydrogen-bond donors (Lipinski definition) is 0. The summed E-state index contributed by atoms with van der Waals surface area (Å²) in [5.41, 5.74) is 2.94. The molecule has 11 nitrogen and oxygen atoms in total. The van der Waals surface area contributed by atoms with Crippen molar-refractivity contribution in [3.05, 3.63) is 84.1 Å². The molecule has 0 saturated heterocycles. The number of thioether (sulfide) groups is 1. The molecule has 0 atom stereocenters. The minimum Gasteiger partial charge on any atom is -0.539 e. The van der Waals surface area contributed by atoms with E-state index in [1.807, 2.05) is 30.3 Å². The number of ketones is 1. The number of carbonyl (C=O) groups is 1. The second kappa shape index (κ2) is 13.2. The number of pyridine rings is 1. The Hall–Kier alpha value is -5.54. The third kappa shape index (κ3) is 5.86. The number of Topliss-reactive ketones (excluding diaryl/α,β-unsaturated/α-hetero) is 1. The van der Waals surface area contributed by atoms with Gasteiger partial charge in [0.15, 0.2) is 17.4 Å². The molecule has 0 N–H and O–H groups in total. The molecule has 0 radical (unpaired) electrons. The van der Waals surface area contributed by atoms with Gasteiger partial charge in [-0.1, -0.05) is 42.1 Å². The highest BCUT2D eigenvalue weighted by Gasteiger charge is 2.29. The van der Waals surface area contributed by atoms with Gasteiger partial charge in [0.25, 0.3) is 0 Å². The smallest absolute Gasteiger partial charge is 0.307 e. The van der Waals surface area contributed by atoms with Crippen molar-refractivity contribution >= 4 is 17.5 Å². The Morgan fingerprint density at radius 2 is 1.61 bits per heavy atom. The zero-order chi connectivity index (χ0) is 31.2. The monoisotopic (exact) mass is 610 g/mol. The lowest BCUT2D eigenvalue weighted by Crippen LogP contribution is -2.39. The van der Waals surface area contributed by atoms with Gasteiger partial charge in [0.1, 0.15) is 16.8 Å². The van der Waals surface area contributed by atoms with Crippen molar-refractivity contribution in [2.75, 3.05) is 34.2 Å². The Kier molecular flexibility index (Phi) is 8.97. The summed E-state index contributed by atoms with van der Waals surface area (Å²) < 4.78 is 27.7. The summed E-state index contributed by atoms with van der Waals surface area (Å²) in [5.74, 6) is 0.167. The molecule has 5 aromatic rings. The number of aromatic nitrogens is 3. The minimum atomic E-state index is -0.879. The summed E-state index contributed by atoms with van der Waals surface area (Å²) in [6.45, 7) is 0. The summed E-state index contributed by atoms with van der Waals surface area (Å²) in [4.78, 5) is 18.2. The van der Waals surface area contributed by atoms with Crippen molar-refractivity contribution in [2.24, 2.45) is 0 Å². The van der Waals surface area contributed by atoms with E-state index in [1.54, 1.807) is 42.5 Å². The Bertz CT molecular complexity index is 1830. The van der Waals surface area contributed by atoms with Crippen LogP contribution in [0.3, 0.4) is 0 Å². The zero-order valence-electron chi connectivity index (χ0n) is 24.2. The molecule has 0 bridgehead atoms. The van der Waals surface area contributed by atoms with E-state index in [0.29, 0.717) is 50.5 Å². The van der Waals surface area contributed by atoms with E-state index in [1.165, 1.54) is 28.4 Å². The molecule has 3 aromatic carbocycles. The molecule has 222 valence electrons. The SMILES string of the molecule is COc1ccc(-[n+]2noc([O-])c2C(=O)CSc2nc(-c3ccccc3)cc(-c3cc(OC)c(OC)c(OC)c3)c2C#N)cc1. The number of carbonyl (C=O) groups excluding carboxylic acids is 1. The normalized spacial score (nSPS) is 10.6. The molecule has 0 unspecified atom stereocenters. The average molecular weight is 611 g/mol. The van der Waals surface area contributed by atoms with E-state index in [-0.39, 0.29) is 17.0 Å². The largest absolute Gasteiger partial charge is 0.539 e. The molecule has 0 aliphatic carbocycles. The lowest BCUT2D eigenvalue weighted by atomic mass is 9.98. The standard InChI is InChI=1S/C32H26N4O7S/c1-39-22-12-10-21(11-13-22)36-29(32(38)43-35-36)26(37)18-44-31-24(17-33)23(16-25(34-31)19-8-6-5-7-9-19)20-14-27(40-2)30(42-4)28(15-20)41-3/h5-16H,18H2,1-4H3. The molecule has 0 fully saturated rings. The van der Waals surface area contributed by atoms with Crippen molar-refractivity contribution < 1.29 is 38.1 Å². The molecular weight excluding hydrogens is 584 g/mol. The molecule has 0 spiro atoms. The average Bonchev–Trinajstić information content (AvgIpc) is 3.47. The highest BCUT2D eigenvalue weighted by Crippen LogP contribution is 2.43. The van der Waals surface area contributed by atoms with Crippen LogP contribution in [0.2, 0.25) is 0 Å². The van der Waals surface area contributed by atoms with E-state index in [4.69, 9.17) is 28.5 Å². The highest BCUT2D eigenvalue weighted by molar-refractivity contribution is 8.00. The third-order valence-electron chi connectivity index (χ3n) is 6.67. The van der Waals surface area contributed by atoms with Crippen molar-refractivity contribution in [1.82, 2.24) is 10.3 Å². The first-order valence-corrected chi connectivity index (χ1v) is 14.1. The molecule has 2 heterocycles. The van der Waals surface area contributed by atoms with Crippen molar-refractivity contribution in [1.29, 1.82) is 5.26 Å². The number of ether oxygens (including phenoxy) is 4. The fourth-order valence-corrected chi connectivity index (χ4v) is 5.40. The van der Waals surface area contributed by atoms with Gasteiger partial charge in [-0.3, -0.25) is 4.79 Å². The first-order chi connectivity index (χ1) is 21.4. The van der Waals surface area contributed by atoms with Gasteiger partial charge >= 0.3 is 5.69 Å². The van der Waals surface area contributed by atoms with Crippen LogP contribution in [0, 0.1) is 11.3 Å². The van der Waals surface area contributed by atoms with E-state index in [0.717, 1.165) is 22.0 Å². The highest BCUT2D eigenvalue weighted by atomic mass is 32.2. The Morgan fingerprint density at radius 1 is 0.932 bits per heavy atom.